The molecule has 5 rings (SSSR count). The van der Waals surface area contributed by atoms with Crippen molar-refractivity contribution in [2.45, 2.75) is 4.90 Å². The van der Waals surface area contributed by atoms with Gasteiger partial charge < -0.3 is 30.2 Å². The highest BCUT2D eigenvalue weighted by Gasteiger charge is 2.17. The number of thioether (sulfide) groups is 1. The lowest BCUT2D eigenvalue weighted by atomic mass is 10.1. The van der Waals surface area contributed by atoms with E-state index in [1.165, 1.54) is 32.1 Å². The van der Waals surface area contributed by atoms with Crippen molar-refractivity contribution >= 4 is 46.9 Å². The van der Waals surface area contributed by atoms with E-state index < -0.39 is 11.8 Å². The van der Waals surface area contributed by atoms with Crippen LogP contribution in [0, 0.1) is 0 Å². The monoisotopic (exact) mass is 659 g/mol. The van der Waals surface area contributed by atoms with Crippen LogP contribution in [0.1, 0.15) is 15.9 Å². The average molecular weight is 660 g/mol. The van der Waals surface area contributed by atoms with Gasteiger partial charge in [-0.15, -0.1) is 11.8 Å². The fourth-order valence-electron chi connectivity index (χ4n) is 4.53. The van der Waals surface area contributed by atoms with E-state index in [2.05, 4.69) is 16.0 Å². The molecule has 0 aliphatic rings. The van der Waals surface area contributed by atoms with Gasteiger partial charge in [-0.05, 0) is 84.9 Å². The summed E-state index contributed by atoms with van der Waals surface area (Å²) < 4.78 is 16.7. The molecule has 0 atom stereocenters. The lowest BCUT2D eigenvalue weighted by Gasteiger charge is -2.14. The van der Waals surface area contributed by atoms with Gasteiger partial charge in [-0.1, -0.05) is 48.5 Å². The fraction of sp³-hybridized carbons (Fsp3) is 0.0789. The molecule has 0 spiro atoms. The van der Waals surface area contributed by atoms with Crippen LogP contribution in [0.3, 0.4) is 0 Å². The van der Waals surface area contributed by atoms with Crippen LogP contribution in [0.5, 0.6) is 23.0 Å². The molecule has 0 aliphatic heterocycles. The largest absolute Gasteiger partial charge is 0.493 e. The Bertz CT molecular complexity index is 1880. The maximum atomic E-state index is 13.5. The number of ether oxygens (including phenoxy) is 3. The predicted molar refractivity (Wildman–Crippen MR) is 189 cm³/mol. The summed E-state index contributed by atoms with van der Waals surface area (Å²) >= 11 is 1.36. The van der Waals surface area contributed by atoms with Gasteiger partial charge in [0.15, 0.2) is 11.5 Å². The molecule has 0 saturated heterocycles. The first-order valence-corrected chi connectivity index (χ1v) is 15.9. The summed E-state index contributed by atoms with van der Waals surface area (Å²) in [5.74, 6) is 1.34. The number of rotatable bonds is 13. The van der Waals surface area contributed by atoms with Crippen molar-refractivity contribution < 1.29 is 28.6 Å². The van der Waals surface area contributed by atoms with Crippen LogP contribution in [0.4, 0.5) is 11.4 Å². The summed E-state index contributed by atoms with van der Waals surface area (Å²) in [6, 6.07) is 37.5. The number of anilines is 2. The third-order valence-corrected chi connectivity index (χ3v) is 7.87. The Hall–Kier alpha value is -6.00. The highest BCUT2D eigenvalue weighted by atomic mass is 32.2. The third-order valence-electron chi connectivity index (χ3n) is 6.86. The summed E-state index contributed by atoms with van der Waals surface area (Å²) in [4.78, 5) is 39.9. The highest BCUT2D eigenvalue weighted by molar-refractivity contribution is 8.00. The second-order valence-corrected chi connectivity index (χ2v) is 11.3. The molecule has 0 fully saturated rings. The lowest BCUT2D eigenvalue weighted by molar-refractivity contribution is -0.114. The normalized spacial score (nSPS) is 10.8. The van der Waals surface area contributed by atoms with E-state index in [-0.39, 0.29) is 17.4 Å². The summed E-state index contributed by atoms with van der Waals surface area (Å²) in [5.41, 5.74) is 2.10. The van der Waals surface area contributed by atoms with Crippen LogP contribution in [0.25, 0.3) is 6.08 Å². The summed E-state index contributed by atoms with van der Waals surface area (Å²) in [7, 11) is 3.02. The van der Waals surface area contributed by atoms with Crippen molar-refractivity contribution in [1.29, 1.82) is 0 Å². The van der Waals surface area contributed by atoms with Gasteiger partial charge in [-0.2, -0.15) is 0 Å². The van der Waals surface area contributed by atoms with Crippen molar-refractivity contribution in [1.82, 2.24) is 5.32 Å². The minimum atomic E-state index is -0.538. The van der Waals surface area contributed by atoms with E-state index in [0.29, 0.717) is 39.8 Å². The van der Waals surface area contributed by atoms with Crippen LogP contribution in [-0.4, -0.2) is 37.7 Å². The second kappa shape index (κ2) is 16.5. The van der Waals surface area contributed by atoms with Crippen molar-refractivity contribution in [3.63, 3.8) is 0 Å². The minimum absolute atomic E-state index is 0.00481. The number of benzene rings is 5. The number of methoxy groups -OCH3 is 2. The molecule has 5 aromatic carbocycles. The van der Waals surface area contributed by atoms with E-state index in [4.69, 9.17) is 14.2 Å². The molecule has 0 aliphatic carbocycles. The van der Waals surface area contributed by atoms with Gasteiger partial charge in [0.2, 0.25) is 5.91 Å². The Balaban J connectivity index is 1.20. The molecule has 0 bridgehead atoms. The first-order valence-electron chi connectivity index (χ1n) is 14.9. The molecular weight excluding hydrogens is 627 g/mol. The molecule has 5 aromatic rings. The molecule has 242 valence electrons. The van der Waals surface area contributed by atoms with Crippen LogP contribution in [0.15, 0.2) is 138 Å². The van der Waals surface area contributed by atoms with E-state index in [9.17, 15) is 14.4 Å². The predicted octanol–water partition coefficient (Wildman–Crippen LogP) is 7.64. The number of nitrogens with one attached hydrogen (secondary N) is 3. The van der Waals surface area contributed by atoms with Gasteiger partial charge in [-0.3, -0.25) is 14.4 Å². The standard InChI is InChI=1S/C38H33N3O6S/c1-45-34-15-9-12-27(36(34)46-2)24-33(41-37(43)26-10-5-3-6-11-26)38(44)40-29-18-22-32(23-19-29)48-25-35(42)39-28-16-20-31(21-17-28)47-30-13-7-4-8-14-30/h3-24H,25H2,1-2H3,(H,39,42)(H,40,44)(H,41,43)/b33-24-. The Kier molecular flexibility index (Phi) is 11.5. The summed E-state index contributed by atoms with van der Waals surface area (Å²) in [6.07, 6.45) is 1.53. The Morgan fingerprint density at radius 2 is 1.29 bits per heavy atom. The molecule has 0 heterocycles. The van der Waals surface area contributed by atoms with E-state index in [0.717, 1.165) is 10.6 Å². The van der Waals surface area contributed by atoms with Gasteiger partial charge in [-0.25, -0.2) is 0 Å². The number of carbonyl (C=O) groups is 3. The number of hydrogen-bond donors (Lipinski definition) is 3. The maximum Gasteiger partial charge on any atom is 0.272 e. The number of para-hydroxylation sites is 2. The quantitative estimate of drug-likeness (QED) is 0.0879. The zero-order valence-corrected chi connectivity index (χ0v) is 27.1. The Morgan fingerprint density at radius 1 is 0.667 bits per heavy atom. The van der Waals surface area contributed by atoms with Gasteiger partial charge in [0.25, 0.3) is 11.8 Å². The molecule has 3 amide bonds. The van der Waals surface area contributed by atoms with E-state index >= 15 is 0 Å². The van der Waals surface area contributed by atoms with Crippen molar-refractivity contribution in [3.05, 3.63) is 144 Å². The molecule has 3 N–H and O–H groups in total. The topological polar surface area (TPSA) is 115 Å². The van der Waals surface area contributed by atoms with Gasteiger partial charge in [0, 0.05) is 27.4 Å². The molecule has 0 aromatic heterocycles. The molecule has 48 heavy (non-hydrogen) atoms. The number of amides is 3. The fourth-order valence-corrected chi connectivity index (χ4v) is 5.23. The highest BCUT2D eigenvalue weighted by Crippen LogP contribution is 2.32. The third kappa shape index (κ3) is 9.27. The smallest absolute Gasteiger partial charge is 0.272 e. The van der Waals surface area contributed by atoms with Crippen LogP contribution in [-0.2, 0) is 9.59 Å². The number of hydrogen-bond acceptors (Lipinski definition) is 7. The Morgan fingerprint density at radius 3 is 1.96 bits per heavy atom. The minimum Gasteiger partial charge on any atom is -0.493 e. The van der Waals surface area contributed by atoms with Gasteiger partial charge in [0.1, 0.15) is 17.2 Å². The first kappa shape index (κ1) is 33.4. The van der Waals surface area contributed by atoms with Crippen molar-refractivity contribution in [3.8, 4) is 23.0 Å². The van der Waals surface area contributed by atoms with Crippen LogP contribution >= 0.6 is 11.8 Å². The van der Waals surface area contributed by atoms with Crippen molar-refractivity contribution in [2.24, 2.45) is 0 Å². The Labute approximate surface area is 282 Å². The summed E-state index contributed by atoms with van der Waals surface area (Å²) in [6.45, 7) is 0. The zero-order chi connectivity index (χ0) is 33.7. The van der Waals surface area contributed by atoms with Crippen molar-refractivity contribution in [2.75, 3.05) is 30.6 Å². The number of carbonyl (C=O) groups excluding carboxylic acids is 3. The molecule has 0 saturated carbocycles. The zero-order valence-electron chi connectivity index (χ0n) is 26.3. The molecule has 10 heteroatoms. The maximum absolute atomic E-state index is 13.5. The van der Waals surface area contributed by atoms with Crippen LogP contribution in [0.2, 0.25) is 0 Å². The molecule has 0 unspecified atom stereocenters. The summed E-state index contributed by atoms with van der Waals surface area (Å²) in [5, 5.41) is 8.45. The molecule has 0 radical (unpaired) electrons. The average Bonchev–Trinajstić information content (AvgIpc) is 3.12. The SMILES string of the molecule is COc1cccc(/C=C(\NC(=O)c2ccccc2)C(=O)Nc2ccc(SCC(=O)Nc3ccc(Oc4ccccc4)cc3)cc2)c1OC. The van der Waals surface area contributed by atoms with E-state index in [1.54, 1.807) is 97.1 Å². The van der Waals surface area contributed by atoms with Gasteiger partial charge in [0.05, 0.1) is 20.0 Å². The van der Waals surface area contributed by atoms with E-state index in [1.807, 2.05) is 30.3 Å². The molecular formula is C38H33N3O6S. The lowest BCUT2D eigenvalue weighted by Crippen LogP contribution is -2.30. The van der Waals surface area contributed by atoms with Crippen LogP contribution < -0.4 is 30.2 Å². The molecule has 9 nitrogen and oxygen atoms in total. The second-order valence-electron chi connectivity index (χ2n) is 10.2. The first-order chi connectivity index (χ1) is 23.4. The van der Waals surface area contributed by atoms with Gasteiger partial charge >= 0.3 is 0 Å².